The molecule has 55 heavy (non-hydrogen) atoms. The van der Waals surface area contributed by atoms with Crippen molar-refractivity contribution in [3.8, 4) is 84.9 Å². The van der Waals surface area contributed by atoms with Crippen molar-refractivity contribution in [1.82, 2.24) is 8.75 Å². The number of rotatable bonds is 8. The van der Waals surface area contributed by atoms with Crippen LogP contribution >= 0.6 is 57.1 Å². The van der Waals surface area contributed by atoms with Gasteiger partial charge in [0.05, 0.1) is 21.5 Å². The molecular formula is C48H32N2S5. The Kier molecular flexibility index (Phi) is 8.97. The van der Waals surface area contributed by atoms with E-state index in [-0.39, 0.29) is 0 Å². The average Bonchev–Trinajstić information content (AvgIpc) is 4.09. The van der Waals surface area contributed by atoms with E-state index in [1.54, 1.807) is 0 Å². The molecule has 5 heterocycles. The molecule has 5 aromatic heterocycles. The van der Waals surface area contributed by atoms with Gasteiger partial charge < -0.3 is 0 Å². The van der Waals surface area contributed by atoms with Gasteiger partial charge in [0.15, 0.2) is 0 Å². The van der Waals surface area contributed by atoms with Crippen molar-refractivity contribution >= 4 is 68.1 Å². The number of thiophene rings is 4. The van der Waals surface area contributed by atoms with Gasteiger partial charge in [0, 0.05) is 51.5 Å². The quantitative estimate of drug-likeness (QED) is 0.153. The molecular weight excluding hydrogens is 765 g/mol. The molecule has 10 aromatic rings. The molecule has 264 valence electrons. The third kappa shape index (κ3) is 6.32. The molecule has 10 rings (SSSR count). The predicted octanol–water partition coefficient (Wildman–Crippen LogP) is 15.9. The Morgan fingerprint density at radius 1 is 0.327 bits per heavy atom. The Morgan fingerprint density at radius 3 is 1.02 bits per heavy atom. The summed E-state index contributed by atoms with van der Waals surface area (Å²) in [5, 5.41) is 0. The fourth-order valence-corrected chi connectivity index (χ4v) is 12.6. The summed E-state index contributed by atoms with van der Waals surface area (Å²) in [5.41, 5.74) is 14.2. The van der Waals surface area contributed by atoms with Crippen LogP contribution in [-0.4, -0.2) is 8.75 Å². The minimum Gasteiger partial charge on any atom is -0.172 e. The van der Waals surface area contributed by atoms with Crippen LogP contribution in [-0.2, 0) is 0 Å². The van der Waals surface area contributed by atoms with Crippen LogP contribution in [0.5, 0.6) is 0 Å². The van der Waals surface area contributed by atoms with Gasteiger partial charge in [0.2, 0.25) is 0 Å². The molecule has 0 atom stereocenters. The van der Waals surface area contributed by atoms with Crippen LogP contribution < -0.4 is 0 Å². The van der Waals surface area contributed by atoms with Crippen LogP contribution in [0, 0.1) is 13.8 Å². The van der Waals surface area contributed by atoms with E-state index in [1.807, 2.05) is 45.3 Å². The van der Waals surface area contributed by atoms with Crippen LogP contribution in [0.2, 0.25) is 0 Å². The summed E-state index contributed by atoms with van der Waals surface area (Å²) in [6.07, 6.45) is 0. The van der Waals surface area contributed by atoms with E-state index >= 15 is 0 Å². The standard InChI is InChI=1S/C48H32N2S5/c1-29-37(31-15-7-3-8-16-31)25-43(51-29)47-39(33-19-11-5-12-20-33)27-41(53-47)35-23-24-36(46-45(35)49-55-50-46)42-28-40(34-21-13-6-14-22-34)48(54-42)44-26-38(30(2)52-44)32-17-9-4-10-18-32/h3-28H,1-2H3. The second-order valence-corrected chi connectivity index (χ2v) is 18.6. The fraction of sp³-hybridized carbons (Fsp3) is 0.0417. The van der Waals surface area contributed by atoms with Gasteiger partial charge in [-0.25, -0.2) is 0 Å². The number of fused-ring (bicyclic) bond motifs is 1. The third-order valence-electron chi connectivity index (χ3n) is 10.0. The Balaban J connectivity index is 1.09. The highest BCUT2D eigenvalue weighted by molar-refractivity contribution is 7.25. The monoisotopic (exact) mass is 796 g/mol. The van der Waals surface area contributed by atoms with Crippen LogP contribution in [0.1, 0.15) is 9.75 Å². The molecule has 0 fully saturated rings. The van der Waals surface area contributed by atoms with Crippen LogP contribution in [0.15, 0.2) is 158 Å². The summed E-state index contributed by atoms with van der Waals surface area (Å²) in [5.74, 6) is 0. The van der Waals surface area contributed by atoms with Gasteiger partial charge in [-0.3, -0.25) is 0 Å². The second kappa shape index (κ2) is 14.4. The van der Waals surface area contributed by atoms with Gasteiger partial charge in [-0.05, 0) is 71.5 Å². The molecule has 0 spiro atoms. The Morgan fingerprint density at radius 2 is 0.655 bits per heavy atom. The summed E-state index contributed by atoms with van der Waals surface area (Å²) in [6.45, 7) is 4.47. The van der Waals surface area contributed by atoms with Crippen molar-refractivity contribution in [2.24, 2.45) is 0 Å². The average molecular weight is 797 g/mol. The Bertz CT molecular complexity index is 2730. The van der Waals surface area contributed by atoms with Crippen molar-refractivity contribution in [3.05, 3.63) is 167 Å². The lowest BCUT2D eigenvalue weighted by Gasteiger charge is -2.03. The maximum Gasteiger partial charge on any atom is 0.114 e. The van der Waals surface area contributed by atoms with E-state index in [0.29, 0.717) is 0 Å². The van der Waals surface area contributed by atoms with Gasteiger partial charge in [-0.2, -0.15) is 8.75 Å². The van der Waals surface area contributed by atoms with Gasteiger partial charge in [0.25, 0.3) is 0 Å². The van der Waals surface area contributed by atoms with Crippen molar-refractivity contribution in [2.45, 2.75) is 13.8 Å². The molecule has 5 aromatic carbocycles. The zero-order chi connectivity index (χ0) is 36.9. The summed E-state index contributed by atoms with van der Waals surface area (Å²) in [7, 11) is 0. The third-order valence-corrected chi connectivity index (χ3v) is 15.4. The van der Waals surface area contributed by atoms with Crippen LogP contribution in [0.3, 0.4) is 0 Å². The minimum atomic E-state index is 0.955. The first-order valence-corrected chi connectivity index (χ1v) is 22.1. The molecule has 0 N–H and O–H groups in total. The second-order valence-electron chi connectivity index (χ2n) is 13.5. The molecule has 2 nitrogen and oxygen atoms in total. The highest BCUT2D eigenvalue weighted by Crippen LogP contribution is 2.51. The Labute approximate surface area is 340 Å². The molecule has 0 saturated carbocycles. The predicted molar refractivity (Wildman–Crippen MR) is 242 cm³/mol. The van der Waals surface area contributed by atoms with E-state index in [4.69, 9.17) is 8.75 Å². The number of hydrogen-bond donors (Lipinski definition) is 0. The highest BCUT2D eigenvalue weighted by atomic mass is 32.1. The fourth-order valence-electron chi connectivity index (χ4n) is 7.34. The minimum absolute atomic E-state index is 0.955. The van der Waals surface area contributed by atoms with E-state index < -0.39 is 0 Å². The van der Waals surface area contributed by atoms with Crippen LogP contribution in [0.25, 0.3) is 95.9 Å². The lowest BCUT2D eigenvalue weighted by Crippen LogP contribution is -1.82. The van der Waals surface area contributed by atoms with E-state index in [1.165, 1.54) is 95.3 Å². The summed E-state index contributed by atoms with van der Waals surface area (Å²) < 4.78 is 9.93. The van der Waals surface area contributed by atoms with E-state index in [0.717, 1.165) is 22.2 Å². The normalized spacial score (nSPS) is 11.5. The number of nitrogens with zero attached hydrogens (tertiary/aromatic N) is 2. The largest absolute Gasteiger partial charge is 0.172 e. The van der Waals surface area contributed by atoms with Gasteiger partial charge in [-0.1, -0.05) is 133 Å². The number of aryl methyl sites for hydroxylation is 2. The Hall–Kier alpha value is -5.28. The first kappa shape index (κ1) is 34.2. The van der Waals surface area contributed by atoms with Crippen molar-refractivity contribution in [1.29, 1.82) is 0 Å². The highest BCUT2D eigenvalue weighted by Gasteiger charge is 2.23. The summed E-state index contributed by atoms with van der Waals surface area (Å²) >= 11 is 8.75. The first-order valence-electron chi connectivity index (χ1n) is 18.1. The number of aromatic nitrogens is 2. The molecule has 0 bridgehead atoms. The van der Waals surface area contributed by atoms with Gasteiger partial charge in [0.1, 0.15) is 11.0 Å². The first-order chi connectivity index (χ1) is 27.1. The molecule has 0 aliphatic heterocycles. The van der Waals surface area contributed by atoms with Crippen molar-refractivity contribution < 1.29 is 0 Å². The van der Waals surface area contributed by atoms with Crippen molar-refractivity contribution in [2.75, 3.05) is 0 Å². The van der Waals surface area contributed by atoms with Gasteiger partial charge in [-0.15, -0.1) is 45.3 Å². The summed E-state index contributed by atoms with van der Waals surface area (Å²) in [6, 6.07) is 57.0. The van der Waals surface area contributed by atoms with E-state index in [9.17, 15) is 0 Å². The topological polar surface area (TPSA) is 25.8 Å². The number of hydrogen-bond acceptors (Lipinski definition) is 7. The molecule has 0 aliphatic rings. The zero-order valence-corrected chi connectivity index (χ0v) is 34.0. The smallest absolute Gasteiger partial charge is 0.114 e. The molecule has 0 saturated heterocycles. The number of benzene rings is 5. The lowest BCUT2D eigenvalue weighted by atomic mass is 10.0. The molecule has 0 radical (unpaired) electrons. The lowest BCUT2D eigenvalue weighted by molar-refractivity contribution is 1.58. The maximum absolute atomic E-state index is 4.96. The van der Waals surface area contributed by atoms with Crippen LogP contribution in [0.4, 0.5) is 0 Å². The summed E-state index contributed by atoms with van der Waals surface area (Å²) in [4.78, 5) is 10.2. The van der Waals surface area contributed by atoms with E-state index in [2.05, 4.69) is 172 Å². The molecule has 0 unspecified atom stereocenters. The SMILES string of the molecule is Cc1sc(-c2sc(-c3ccc(-c4cc(-c5ccccc5)c(-c5cc(-c6ccccc6)c(C)s5)s4)c4nsnc34)cc2-c2ccccc2)cc1-c1ccccc1. The molecule has 7 heteroatoms. The maximum atomic E-state index is 4.96. The molecule has 0 amide bonds. The molecule has 0 aliphatic carbocycles. The van der Waals surface area contributed by atoms with Crippen molar-refractivity contribution in [3.63, 3.8) is 0 Å². The van der Waals surface area contributed by atoms with Gasteiger partial charge >= 0.3 is 0 Å². The zero-order valence-electron chi connectivity index (χ0n) is 29.9.